The monoisotopic (exact) mass is 475 g/mol. The molecule has 0 unspecified atom stereocenters. The zero-order valence-electron chi connectivity index (χ0n) is 19.6. The lowest BCUT2D eigenvalue weighted by Crippen LogP contribution is -2.09. The highest BCUT2D eigenvalue weighted by molar-refractivity contribution is 6.31. The Bertz CT molecular complexity index is 1390. The second kappa shape index (κ2) is 10.1. The van der Waals surface area contributed by atoms with E-state index in [4.69, 9.17) is 25.5 Å². The van der Waals surface area contributed by atoms with E-state index < -0.39 is 0 Å². The number of nitrogens with one attached hydrogen (secondary N) is 1. The Morgan fingerprint density at radius 2 is 1.97 bits per heavy atom. The summed E-state index contributed by atoms with van der Waals surface area (Å²) < 4.78 is 17.1. The van der Waals surface area contributed by atoms with Crippen molar-refractivity contribution in [2.24, 2.45) is 0 Å². The normalized spacial score (nSPS) is 11.5. The number of aryl methyl sites for hydroxylation is 1. The average molecular weight is 476 g/mol. The van der Waals surface area contributed by atoms with E-state index in [1.54, 1.807) is 25.5 Å². The molecule has 0 saturated carbocycles. The lowest BCUT2D eigenvalue weighted by atomic mass is 9.99. The number of benzene rings is 3. The Hall–Kier alpha value is -3.70. The summed E-state index contributed by atoms with van der Waals surface area (Å²) in [7, 11) is 1.64. The molecule has 6 heteroatoms. The van der Waals surface area contributed by atoms with Gasteiger partial charge in [-0.25, -0.2) is 0 Å². The molecule has 4 rings (SSSR count). The Morgan fingerprint density at radius 1 is 1.15 bits per heavy atom. The Balaban J connectivity index is 1.72. The van der Waals surface area contributed by atoms with Gasteiger partial charge in [-0.3, -0.25) is 4.79 Å². The van der Waals surface area contributed by atoms with Crippen LogP contribution < -0.4 is 14.8 Å². The van der Waals surface area contributed by atoms with E-state index in [1.807, 2.05) is 69.3 Å². The summed E-state index contributed by atoms with van der Waals surface area (Å²) in [6, 6.07) is 17.1. The molecule has 0 bridgehead atoms. The van der Waals surface area contributed by atoms with Crippen LogP contribution in [-0.4, -0.2) is 19.6 Å². The molecule has 0 aliphatic rings. The number of halogens is 1. The van der Waals surface area contributed by atoms with Gasteiger partial charge < -0.3 is 19.2 Å². The molecular formula is C28H26ClNO4. The van der Waals surface area contributed by atoms with E-state index in [0.717, 1.165) is 39.0 Å². The topological polar surface area (TPSA) is 60.7 Å². The molecule has 0 fully saturated rings. The lowest BCUT2D eigenvalue weighted by Gasteiger charge is -2.12. The molecule has 5 nitrogen and oxygen atoms in total. The summed E-state index contributed by atoms with van der Waals surface area (Å²) in [6.07, 6.45) is 3.29. The van der Waals surface area contributed by atoms with Crippen LogP contribution >= 0.6 is 11.6 Å². The Morgan fingerprint density at radius 3 is 2.71 bits per heavy atom. The largest absolute Gasteiger partial charge is 0.497 e. The summed E-state index contributed by atoms with van der Waals surface area (Å²) in [5.41, 5.74) is 5.79. The minimum atomic E-state index is -0.250. The van der Waals surface area contributed by atoms with Crippen LogP contribution in [0.25, 0.3) is 27.7 Å². The van der Waals surface area contributed by atoms with E-state index in [-0.39, 0.29) is 5.91 Å². The third kappa shape index (κ3) is 4.95. The molecule has 0 aliphatic carbocycles. The minimum absolute atomic E-state index is 0.250. The van der Waals surface area contributed by atoms with Crippen molar-refractivity contribution < 1.29 is 18.7 Å². The summed E-state index contributed by atoms with van der Waals surface area (Å²) in [5, 5.41) is 4.40. The number of anilines is 1. The van der Waals surface area contributed by atoms with Crippen LogP contribution in [0.2, 0.25) is 5.02 Å². The van der Waals surface area contributed by atoms with Gasteiger partial charge in [0.25, 0.3) is 0 Å². The first-order valence-corrected chi connectivity index (χ1v) is 11.4. The minimum Gasteiger partial charge on any atom is -0.497 e. The predicted octanol–water partition coefficient (Wildman–Crippen LogP) is 7.51. The van der Waals surface area contributed by atoms with E-state index in [0.29, 0.717) is 28.6 Å². The highest BCUT2D eigenvalue weighted by atomic mass is 35.5. The fourth-order valence-electron chi connectivity index (χ4n) is 3.78. The first-order chi connectivity index (χ1) is 16.4. The molecule has 1 amide bonds. The average Bonchev–Trinajstić information content (AvgIpc) is 3.24. The number of hydrogen-bond acceptors (Lipinski definition) is 4. The summed E-state index contributed by atoms with van der Waals surface area (Å²) in [5.74, 6) is 1.17. The Labute approximate surface area is 203 Å². The maximum Gasteiger partial charge on any atom is 0.248 e. The molecule has 4 aromatic rings. The standard InChI is InChI=1S/C28H26ClNO4/c1-5-33-26-15-27-23(24(16-34-27)19-7-6-8-21(12-19)32-4)14-22(26)18(3)11-28(31)30-20-10-9-17(2)25(29)13-20/h6-16H,5H2,1-4H3,(H,30,31)/b18-11+. The maximum absolute atomic E-state index is 12.7. The van der Waals surface area contributed by atoms with Crippen molar-refractivity contribution in [3.8, 4) is 22.6 Å². The van der Waals surface area contributed by atoms with Crippen LogP contribution in [0, 0.1) is 6.92 Å². The van der Waals surface area contributed by atoms with Crippen LogP contribution in [0.5, 0.6) is 11.5 Å². The summed E-state index contributed by atoms with van der Waals surface area (Å²) in [4.78, 5) is 12.7. The molecule has 0 spiro atoms. The predicted molar refractivity (Wildman–Crippen MR) is 138 cm³/mol. The van der Waals surface area contributed by atoms with Crippen molar-refractivity contribution >= 4 is 39.7 Å². The van der Waals surface area contributed by atoms with Gasteiger partial charge in [0.2, 0.25) is 5.91 Å². The van der Waals surface area contributed by atoms with Gasteiger partial charge in [0.1, 0.15) is 17.1 Å². The highest BCUT2D eigenvalue weighted by Crippen LogP contribution is 2.38. The molecule has 0 atom stereocenters. The molecule has 1 heterocycles. The van der Waals surface area contributed by atoms with Gasteiger partial charge >= 0.3 is 0 Å². The van der Waals surface area contributed by atoms with E-state index >= 15 is 0 Å². The quantitative estimate of drug-likeness (QED) is 0.281. The molecule has 34 heavy (non-hydrogen) atoms. The van der Waals surface area contributed by atoms with Crippen molar-refractivity contribution in [1.82, 2.24) is 0 Å². The van der Waals surface area contributed by atoms with Crippen LogP contribution in [0.15, 0.2) is 71.4 Å². The summed E-state index contributed by atoms with van der Waals surface area (Å²) >= 11 is 6.18. The van der Waals surface area contributed by atoms with Crippen molar-refractivity contribution in [1.29, 1.82) is 0 Å². The van der Waals surface area contributed by atoms with E-state index in [2.05, 4.69) is 5.32 Å². The van der Waals surface area contributed by atoms with Gasteiger partial charge in [0, 0.05) is 39.4 Å². The van der Waals surface area contributed by atoms with Crippen molar-refractivity contribution in [2.75, 3.05) is 19.0 Å². The van der Waals surface area contributed by atoms with Crippen LogP contribution in [-0.2, 0) is 4.79 Å². The molecule has 3 aromatic carbocycles. The molecule has 0 radical (unpaired) electrons. The van der Waals surface area contributed by atoms with Crippen LogP contribution in [0.3, 0.4) is 0 Å². The third-order valence-electron chi connectivity index (χ3n) is 5.57. The van der Waals surface area contributed by atoms with E-state index in [1.165, 1.54) is 0 Å². The van der Waals surface area contributed by atoms with Gasteiger partial charge in [0.15, 0.2) is 0 Å². The molecule has 1 aromatic heterocycles. The SMILES string of the molecule is CCOc1cc2occ(-c3cccc(OC)c3)c2cc1/C(C)=C/C(=O)Nc1ccc(C)c(Cl)c1. The van der Waals surface area contributed by atoms with Gasteiger partial charge in [-0.2, -0.15) is 0 Å². The number of allylic oxidation sites excluding steroid dienone is 1. The molecular weight excluding hydrogens is 450 g/mol. The maximum atomic E-state index is 12.7. The van der Waals surface area contributed by atoms with Crippen LogP contribution in [0.4, 0.5) is 5.69 Å². The van der Waals surface area contributed by atoms with Gasteiger partial charge in [-0.1, -0.05) is 29.8 Å². The van der Waals surface area contributed by atoms with E-state index in [9.17, 15) is 4.79 Å². The second-order valence-electron chi connectivity index (χ2n) is 7.94. The number of methoxy groups -OCH3 is 1. The van der Waals surface area contributed by atoms with Crippen molar-refractivity contribution in [2.45, 2.75) is 20.8 Å². The molecule has 0 saturated heterocycles. The smallest absolute Gasteiger partial charge is 0.248 e. The number of carbonyl (C=O) groups is 1. The summed E-state index contributed by atoms with van der Waals surface area (Å²) in [6.45, 7) is 6.21. The van der Waals surface area contributed by atoms with Gasteiger partial charge in [-0.15, -0.1) is 0 Å². The fourth-order valence-corrected chi connectivity index (χ4v) is 3.96. The van der Waals surface area contributed by atoms with Crippen molar-refractivity contribution in [3.05, 3.63) is 83.1 Å². The second-order valence-corrected chi connectivity index (χ2v) is 8.35. The number of hydrogen-bond donors (Lipinski definition) is 1. The van der Waals surface area contributed by atoms with Crippen LogP contribution in [0.1, 0.15) is 25.0 Å². The van der Waals surface area contributed by atoms with Crippen molar-refractivity contribution in [3.63, 3.8) is 0 Å². The number of rotatable bonds is 7. The van der Waals surface area contributed by atoms with Gasteiger partial charge in [0.05, 0.1) is 20.0 Å². The number of furan rings is 1. The third-order valence-corrected chi connectivity index (χ3v) is 5.98. The lowest BCUT2D eigenvalue weighted by molar-refractivity contribution is -0.111. The number of carbonyl (C=O) groups excluding carboxylic acids is 1. The zero-order chi connectivity index (χ0) is 24.2. The molecule has 0 aliphatic heterocycles. The molecule has 174 valence electrons. The number of fused-ring (bicyclic) bond motifs is 1. The molecule has 1 N–H and O–H groups in total. The fraction of sp³-hybridized carbons (Fsp3) is 0.179. The Kier molecular flexibility index (Phi) is 6.94. The number of ether oxygens (including phenoxy) is 2. The highest BCUT2D eigenvalue weighted by Gasteiger charge is 2.16. The first kappa shape index (κ1) is 23.5. The zero-order valence-corrected chi connectivity index (χ0v) is 20.3. The van der Waals surface area contributed by atoms with Gasteiger partial charge in [-0.05, 0) is 67.8 Å². The first-order valence-electron chi connectivity index (χ1n) is 11.0. The number of amides is 1.